The maximum atomic E-state index is 13.0. The van der Waals surface area contributed by atoms with Crippen molar-refractivity contribution < 1.29 is 4.39 Å². The molecule has 21 heavy (non-hydrogen) atoms. The molecule has 1 unspecified atom stereocenters. The highest BCUT2D eigenvalue weighted by atomic mass is 19.1. The van der Waals surface area contributed by atoms with Crippen molar-refractivity contribution in [3.63, 3.8) is 0 Å². The fourth-order valence-electron chi connectivity index (χ4n) is 2.23. The van der Waals surface area contributed by atoms with E-state index in [1.807, 2.05) is 25.1 Å². The Kier molecular flexibility index (Phi) is 3.39. The lowest BCUT2D eigenvalue weighted by molar-refractivity contribution is 0.626. The number of nitrogen functional groups attached to an aromatic ring is 1. The Bertz CT molecular complexity index is 771. The zero-order valence-electron chi connectivity index (χ0n) is 11.5. The van der Waals surface area contributed by atoms with Gasteiger partial charge in [-0.15, -0.1) is 0 Å². The molecule has 2 aromatic carbocycles. The van der Waals surface area contributed by atoms with Crippen molar-refractivity contribution in [1.82, 2.24) is 9.97 Å². The molecule has 0 radical (unpaired) electrons. The van der Waals surface area contributed by atoms with Gasteiger partial charge in [-0.05, 0) is 42.8 Å². The van der Waals surface area contributed by atoms with Crippen LogP contribution in [0.5, 0.6) is 0 Å². The van der Waals surface area contributed by atoms with E-state index in [0.717, 1.165) is 16.5 Å². The first-order valence-electron chi connectivity index (χ1n) is 6.66. The molecule has 0 amide bonds. The molecule has 1 heterocycles. The smallest absolute Gasteiger partial charge is 0.137 e. The number of hydrogen-bond donors (Lipinski definition) is 2. The third kappa shape index (κ3) is 2.76. The summed E-state index contributed by atoms with van der Waals surface area (Å²) in [5.74, 6) is 0.468. The summed E-state index contributed by atoms with van der Waals surface area (Å²) in [6.45, 7) is 1.99. The van der Waals surface area contributed by atoms with E-state index in [1.165, 1.54) is 18.5 Å². The SMILES string of the molecule is CC(Nc1ncnc2ccc(N)cc12)c1ccc(F)cc1. The highest BCUT2D eigenvalue weighted by Gasteiger charge is 2.09. The quantitative estimate of drug-likeness (QED) is 0.721. The number of hydrogen-bond acceptors (Lipinski definition) is 4. The van der Waals surface area contributed by atoms with Gasteiger partial charge in [-0.1, -0.05) is 12.1 Å². The van der Waals surface area contributed by atoms with Crippen LogP contribution in [0.25, 0.3) is 10.9 Å². The van der Waals surface area contributed by atoms with Crippen molar-refractivity contribution >= 4 is 22.4 Å². The van der Waals surface area contributed by atoms with Gasteiger partial charge in [-0.25, -0.2) is 14.4 Å². The lowest BCUT2D eigenvalue weighted by atomic mass is 10.1. The second kappa shape index (κ2) is 5.36. The predicted molar refractivity (Wildman–Crippen MR) is 82.4 cm³/mol. The molecule has 3 aromatic rings. The highest BCUT2D eigenvalue weighted by Crippen LogP contribution is 2.25. The van der Waals surface area contributed by atoms with Gasteiger partial charge in [0.15, 0.2) is 0 Å². The fraction of sp³-hybridized carbons (Fsp3) is 0.125. The van der Waals surface area contributed by atoms with Crippen molar-refractivity contribution in [2.75, 3.05) is 11.1 Å². The van der Waals surface area contributed by atoms with Gasteiger partial charge in [0.05, 0.1) is 5.52 Å². The molecule has 0 saturated heterocycles. The number of anilines is 2. The van der Waals surface area contributed by atoms with Gasteiger partial charge in [0.25, 0.3) is 0 Å². The Labute approximate surface area is 121 Å². The minimum atomic E-state index is -0.244. The molecular weight excluding hydrogens is 267 g/mol. The summed E-state index contributed by atoms with van der Waals surface area (Å²) in [7, 11) is 0. The summed E-state index contributed by atoms with van der Waals surface area (Å²) in [6, 6.07) is 11.9. The maximum absolute atomic E-state index is 13.0. The first kappa shape index (κ1) is 13.3. The van der Waals surface area contributed by atoms with Crippen molar-refractivity contribution in [2.45, 2.75) is 13.0 Å². The second-order valence-electron chi connectivity index (χ2n) is 4.92. The molecule has 106 valence electrons. The zero-order valence-corrected chi connectivity index (χ0v) is 11.5. The number of benzene rings is 2. The summed E-state index contributed by atoms with van der Waals surface area (Å²) < 4.78 is 13.0. The third-order valence-corrected chi connectivity index (χ3v) is 3.38. The van der Waals surface area contributed by atoms with Crippen LogP contribution in [0.15, 0.2) is 48.8 Å². The molecule has 0 aliphatic rings. The lowest BCUT2D eigenvalue weighted by Gasteiger charge is -2.16. The van der Waals surface area contributed by atoms with Crippen LogP contribution in [0.3, 0.4) is 0 Å². The molecule has 0 saturated carbocycles. The van der Waals surface area contributed by atoms with Crippen LogP contribution in [-0.2, 0) is 0 Å². The topological polar surface area (TPSA) is 63.8 Å². The van der Waals surface area contributed by atoms with Crippen LogP contribution in [0.2, 0.25) is 0 Å². The number of aromatic nitrogens is 2. The second-order valence-corrected chi connectivity index (χ2v) is 4.92. The molecule has 0 aliphatic heterocycles. The average molecular weight is 282 g/mol. The minimum absolute atomic E-state index is 0.00914. The molecule has 1 atom stereocenters. The van der Waals surface area contributed by atoms with Crippen molar-refractivity contribution in [2.24, 2.45) is 0 Å². The van der Waals surface area contributed by atoms with Gasteiger partial charge in [0, 0.05) is 17.1 Å². The monoisotopic (exact) mass is 282 g/mol. The van der Waals surface area contributed by atoms with Gasteiger partial charge in [-0.2, -0.15) is 0 Å². The van der Waals surface area contributed by atoms with Crippen LogP contribution in [0.1, 0.15) is 18.5 Å². The van der Waals surface area contributed by atoms with Gasteiger partial charge < -0.3 is 11.1 Å². The summed E-state index contributed by atoms with van der Waals surface area (Å²) in [5, 5.41) is 4.19. The Morgan fingerprint density at radius 3 is 2.62 bits per heavy atom. The molecule has 1 aromatic heterocycles. The van der Waals surface area contributed by atoms with E-state index in [1.54, 1.807) is 12.1 Å². The van der Waals surface area contributed by atoms with Crippen LogP contribution in [0, 0.1) is 5.82 Å². The Balaban J connectivity index is 1.94. The third-order valence-electron chi connectivity index (χ3n) is 3.38. The molecule has 0 bridgehead atoms. The van der Waals surface area contributed by atoms with Crippen molar-refractivity contribution in [3.05, 3.63) is 60.2 Å². The zero-order chi connectivity index (χ0) is 14.8. The highest BCUT2D eigenvalue weighted by molar-refractivity contribution is 5.91. The number of rotatable bonds is 3. The largest absolute Gasteiger partial charge is 0.399 e. The molecule has 3 N–H and O–H groups in total. The van der Waals surface area contributed by atoms with E-state index in [0.29, 0.717) is 11.5 Å². The van der Waals surface area contributed by atoms with Gasteiger partial charge >= 0.3 is 0 Å². The van der Waals surface area contributed by atoms with Crippen LogP contribution < -0.4 is 11.1 Å². The van der Waals surface area contributed by atoms with E-state index in [9.17, 15) is 4.39 Å². The van der Waals surface area contributed by atoms with E-state index in [-0.39, 0.29) is 11.9 Å². The molecule has 5 heteroatoms. The molecular formula is C16H15FN4. The van der Waals surface area contributed by atoms with Gasteiger partial charge in [0.2, 0.25) is 0 Å². The first-order valence-corrected chi connectivity index (χ1v) is 6.66. The van der Waals surface area contributed by atoms with Crippen molar-refractivity contribution in [1.29, 1.82) is 0 Å². The van der Waals surface area contributed by atoms with E-state index >= 15 is 0 Å². The number of nitrogens with zero attached hydrogens (tertiary/aromatic N) is 2. The van der Waals surface area contributed by atoms with Crippen LogP contribution in [-0.4, -0.2) is 9.97 Å². The summed E-state index contributed by atoms with van der Waals surface area (Å²) in [4.78, 5) is 8.50. The summed E-state index contributed by atoms with van der Waals surface area (Å²) in [6.07, 6.45) is 1.51. The van der Waals surface area contributed by atoms with Gasteiger partial charge in [0.1, 0.15) is 18.0 Å². The number of halogens is 1. The molecule has 0 aliphatic carbocycles. The Morgan fingerprint density at radius 2 is 1.86 bits per heavy atom. The number of fused-ring (bicyclic) bond motifs is 1. The normalized spacial score (nSPS) is 12.3. The number of nitrogens with two attached hydrogens (primary N) is 1. The molecule has 0 spiro atoms. The Morgan fingerprint density at radius 1 is 1.10 bits per heavy atom. The van der Waals surface area contributed by atoms with Crippen LogP contribution in [0.4, 0.5) is 15.9 Å². The van der Waals surface area contributed by atoms with Gasteiger partial charge in [-0.3, -0.25) is 0 Å². The summed E-state index contributed by atoms with van der Waals surface area (Å²) in [5.41, 5.74) is 8.29. The molecule has 0 fully saturated rings. The molecule has 4 nitrogen and oxygen atoms in total. The van der Waals surface area contributed by atoms with E-state index in [4.69, 9.17) is 5.73 Å². The predicted octanol–water partition coefficient (Wildman–Crippen LogP) is 3.52. The van der Waals surface area contributed by atoms with E-state index < -0.39 is 0 Å². The standard InChI is InChI=1S/C16H15FN4/c1-10(11-2-4-12(17)5-3-11)21-16-14-8-13(18)6-7-15(14)19-9-20-16/h2-10H,18H2,1H3,(H,19,20,21). The summed E-state index contributed by atoms with van der Waals surface area (Å²) >= 11 is 0. The average Bonchev–Trinajstić information content (AvgIpc) is 2.48. The van der Waals surface area contributed by atoms with Crippen molar-refractivity contribution in [3.8, 4) is 0 Å². The maximum Gasteiger partial charge on any atom is 0.137 e. The molecule has 3 rings (SSSR count). The van der Waals surface area contributed by atoms with Crippen LogP contribution >= 0.6 is 0 Å². The Hall–Kier alpha value is -2.69. The first-order chi connectivity index (χ1) is 10.1. The van der Waals surface area contributed by atoms with E-state index in [2.05, 4.69) is 15.3 Å². The lowest BCUT2D eigenvalue weighted by Crippen LogP contribution is -2.08. The fourth-order valence-corrected chi connectivity index (χ4v) is 2.23. The minimum Gasteiger partial charge on any atom is -0.399 e. The number of nitrogens with one attached hydrogen (secondary N) is 1.